The minimum atomic E-state index is -0.107. The van der Waals surface area contributed by atoms with Gasteiger partial charge in [0.25, 0.3) is 0 Å². The molecule has 0 unspecified atom stereocenters. The first-order valence-corrected chi connectivity index (χ1v) is 6.92. The van der Waals surface area contributed by atoms with Crippen LogP contribution < -0.4 is 9.47 Å². The molecule has 1 aromatic carbocycles. The second-order valence-electron chi connectivity index (χ2n) is 4.73. The largest absolute Gasteiger partial charge is 0.494 e. The Bertz CT molecular complexity index is 596. The lowest BCUT2D eigenvalue weighted by Gasteiger charge is -2.15. The molecule has 0 bridgehead atoms. The minimum Gasteiger partial charge on any atom is -0.494 e. The lowest BCUT2D eigenvalue weighted by molar-refractivity contribution is 0.272. The first-order chi connectivity index (χ1) is 9.72. The zero-order valence-electron chi connectivity index (χ0n) is 12.3. The quantitative estimate of drug-likeness (QED) is 0.822. The maximum atomic E-state index is 9.48. The number of benzene rings is 1. The molecule has 1 heterocycles. The van der Waals surface area contributed by atoms with Gasteiger partial charge < -0.3 is 14.6 Å². The number of aliphatic hydroxyl groups excluding tert-OH is 1. The molecule has 2 rings (SSSR count). The van der Waals surface area contributed by atoms with E-state index in [0.717, 1.165) is 35.1 Å². The van der Waals surface area contributed by atoms with Gasteiger partial charge in [0.1, 0.15) is 17.0 Å². The van der Waals surface area contributed by atoms with E-state index in [-0.39, 0.29) is 6.61 Å². The number of hydrogen-bond acceptors (Lipinski definition) is 4. The van der Waals surface area contributed by atoms with Crippen LogP contribution in [-0.4, -0.2) is 23.8 Å². The number of unbranched alkanes of at least 4 members (excludes halogenated alkanes) is 1. The highest BCUT2D eigenvalue weighted by molar-refractivity contribution is 5.91. The number of aromatic nitrogens is 1. The van der Waals surface area contributed by atoms with Crippen molar-refractivity contribution < 1.29 is 14.6 Å². The third-order valence-corrected chi connectivity index (χ3v) is 3.38. The summed E-state index contributed by atoms with van der Waals surface area (Å²) in [5.74, 6) is 1.49. The second kappa shape index (κ2) is 6.57. The normalized spacial score (nSPS) is 10.8. The maximum absolute atomic E-state index is 9.48. The number of para-hydroxylation sites is 1. The van der Waals surface area contributed by atoms with Gasteiger partial charge in [-0.2, -0.15) is 0 Å². The second-order valence-corrected chi connectivity index (χ2v) is 4.73. The Morgan fingerprint density at radius 2 is 2.10 bits per heavy atom. The van der Waals surface area contributed by atoms with E-state index >= 15 is 0 Å². The molecule has 0 aliphatic carbocycles. The number of ether oxygens (including phenoxy) is 2. The summed E-state index contributed by atoms with van der Waals surface area (Å²) >= 11 is 0. The van der Waals surface area contributed by atoms with Gasteiger partial charge in [0.2, 0.25) is 0 Å². The summed E-state index contributed by atoms with van der Waals surface area (Å²) in [6.07, 6.45) is 2.08. The van der Waals surface area contributed by atoms with Crippen molar-refractivity contribution in [1.29, 1.82) is 0 Å². The smallest absolute Gasteiger partial charge is 0.145 e. The lowest BCUT2D eigenvalue weighted by Crippen LogP contribution is -2.04. The van der Waals surface area contributed by atoms with E-state index in [1.165, 1.54) is 0 Å². The van der Waals surface area contributed by atoms with Crippen LogP contribution >= 0.6 is 0 Å². The Balaban J connectivity index is 2.59. The number of pyridine rings is 1. The van der Waals surface area contributed by atoms with Gasteiger partial charge in [-0.05, 0) is 25.5 Å². The SMILES string of the molecule is CCCCOc1c(C)c(CO)nc2c(OC)cccc12. The molecular formula is C16H21NO3. The number of nitrogens with zero attached hydrogens (tertiary/aromatic N) is 1. The van der Waals surface area contributed by atoms with Gasteiger partial charge in [0.15, 0.2) is 0 Å². The van der Waals surface area contributed by atoms with Crippen LogP contribution in [0.3, 0.4) is 0 Å². The third-order valence-electron chi connectivity index (χ3n) is 3.38. The molecule has 0 atom stereocenters. The molecule has 0 aliphatic rings. The van der Waals surface area contributed by atoms with Gasteiger partial charge in [0.05, 0.1) is 26.0 Å². The zero-order valence-corrected chi connectivity index (χ0v) is 12.3. The Hall–Kier alpha value is -1.81. The van der Waals surface area contributed by atoms with Gasteiger partial charge in [0, 0.05) is 10.9 Å². The van der Waals surface area contributed by atoms with Gasteiger partial charge in [-0.1, -0.05) is 19.4 Å². The molecule has 108 valence electrons. The van der Waals surface area contributed by atoms with Crippen molar-refractivity contribution >= 4 is 10.9 Å². The molecule has 1 aromatic heterocycles. The van der Waals surface area contributed by atoms with E-state index < -0.39 is 0 Å². The van der Waals surface area contributed by atoms with E-state index in [1.807, 2.05) is 25.1 Å². The highest BCUT2D eigenvalue weighted by Gasteiger charge is 2.15. The van der Waals surface area contributed by atoms with Gasteiger partial charge >= 0.3 is 0 Å². The van der Waals surface area contributed by atoms with Crippen LogP contribution in [0, 0.1) is 6.92 Å². The van der Waals surface area contributed by atoms with Crippen LogP contribution in [0.1, 0.15) is 31.0 Å². The Morgan fingerprint density at radius 1 is 1.30 bits per heavy atom. The summed E-state index contributed by atoms with van der Waals surface area (Å²) < 4.78 is 11.3. The fraction of sp³-hybridized carbons (Fsp3) is 0.438. The summed E-state index contributed by atoms with van der Waals surface area (Å²) in [6, 6.07) is 5.76. The summed E-state index contributed by atoms with van der Waals surface area (Å²) in [7, 11) is 1.62. The number of aliphatic hydroxyl groups is 1. The topological polar surface area (TPSA) is 51.6 Å². The molecule has 0 fully saturated rings. The molecule has 4 nitrogen and oxygen atoms in total. The van der Waals surface area contributed by atoms with E-state index in [4.69, 9.17) is 9.47 Å². The monoisotopic (exact) mass is 275 g/mol. The summed E-state index contributed by atoms with van der Waals surface area (Å²) in [5, 5.41) is 10.4. The lowest BCUT2D eigenvalue weighted by atomic mass is 10.1. The van der Waals surface area contributed by atoms with Crippen LogP contribution in [0.25, 0.3) is 10.9 Å². The van der Waals surface area contributed by atoms with E-state index in [2.05, 4.69) is 11.9 Å². The molecule has 2 aromatic rings. The van der Waals surface area contributed by atoms with Gasteiger partial charge in [-0.25, -0.2) is 4.98 Å². The number of fused-ring (bicyclic) bond motifs is 1. The van der Waals surface area contributed by atoms with Crippen LogP contribution in [0.5, 0.6) is 11.5 Å². The minimum absolute atomic E-state index is 0.107. The highest BCUT2D eigenvalue weighted by Crippen LogP contribution is 2.34. The fourth-order valence-electron chi connectivity index (χ4n) is 2.20. The first-order valence-electron chi connectivity index (χ1n) is 6.92. The molecule has 0 spiro atoms. The number of hydrogen-bond donors (Lipinski definition) is 1. The summed E-state index contributed by atoms with van der Waals surface area (Å²) in [6.45, 7) is 4.62. The van der Waals surface area contributed by atoms with Crippen molar-refractivity contribution in [2.45, 2.75) is 33.3 Å². The Labute approximate surface area is 119 Å². The fourth-order valence-corrected chi connectivity index (χ4v) is 2.20. The highest BCUT2D eigenvalue weighted by atomic mass is 16.5. The predicted octanol–water partition coefficient (Wildman–Crippen LogP) is 3.22. The van der Waals surface area contributed by atoms with Crippen molar-refractivity contribution in [1.82, 2.24) is 4.98 Å². The van der Waals surface area contributed by atoms with Crippen LogP contribution in [0.2, 0.25) is 0 Å². The maximum Gasteiger partial charge on any atom is 0.145 e. The van der Waals surface area contributed by atoms with E-state index in [0.29, 0.717) is 18.1 Å². The molecule has 0 aliphatic heterocycles. The molecule has 0 amide bonds. The van der Waals surface area contributed by atoms with Crippen LogP contribution in [0.15, 0.2) is 18.2 Å². The molecule has 4 heteroatoms. The van der Waals surface area contributed by atoms with Gasteiger partial charge in [-0.3, -0.25) is 0 Å². The summed E-state index contributed by atoms with van der Waals surface area (Å²) in [5.41, 5.74) is 2.26. The van der Waals surface area contributed by atoms with E-state index in [1.54, 1.807) is 7.11 Å². The predicted molar refractivity (Wildman–Crippen MR) is 79.4 cm³/mol. The molecule has 1 N–H and O–H groups in total. The number of methoxy groups -OCH3 is 1. The number of rotatable bonds is 6. The standard InChI is InChI=1S/C16H21NO3/c1-4-5-9-20-16-11(2)13(10-18)17-15-12(16)7-6-8-14(15)19-3/h6-8,18H,4-5,9-10H2,1-3H3. The Morgan fingerprint density at radius 3 is 2.75 bits per heavy atom. The third kappa shape index (κ3) is 2.70. The molecule has 0 saturated carbocycles. The van der Waals surface area contributed by atoms with Crippen molar-refractivity contribution in [2.75, 3.05) is 13.7 Å². The summed E-state index contributed by atoms with van der Waals surface area (Å²) in [4.78, 5) is 4.50. The molecular weight excluding hydrogens is 254 g/mol. The molecule has 0 saturated heterocycles. The van der Waals surface area contributed by atoms with Gasteiger partial charge in [-0.15, -0.1) is 0 Å². The average molecular weight is 275 g/mol. The molecule has 20 heavy (non-hydrogen) atoms. The average Bonchev–Trinajstić information content (AvgIpc) is 2.48. The Kier molecular flexibility index (Phi) is 4.79. The van der Waals surface area contributed by atoms with Crippen molar-refractivity contribution in [2.24, 2.45) is 0 Å². The van der Waals surface area contributed by atoms with Crippen LogP contribution in [0.4, 0.5) is 0 Å². The van der Waals surface area contributed by atoms with Crippen molar-refractivity contribution in [3.05, 3.63) is 29.5 Å². The first kappa shape index (κ1) is 14.6. The van der Waals surface area contributed by atoms with Crippen LogP contribution in [-0.2, 0) is 6.61 Å². The van der Waals surface area contributed by atoms with Crippen molar-refractivity contribution in [3.63, 3.8) is 0 Å². The zero-order chi connectivity index (χ0) is 14.5. The molecule has 0 radical (unpaired) electrons. The van der Waals surface area contributed by atoms with E-state index in [9.17, 15) is 5.11 Å². The van der Waals surface area contributed by atoms with Crippen molar-refractivity contribution in [3.8, 4) is 11.5 Å².